The summed E-state index contributed by atoms with van der Waals surface area (Å²) in [6.07, 6.45) is 5.26. The molecule has 0 aromatic carbocycles. The number of hydrogen-bond donors (Lipinski definition) is 1. The molecule has 0 aromatic heterocycles. The first kappa shape index (κ1) is 16.2. The summed E-state index contributed by atoms with van der Waals surface area (Å²) < 4.78 is 5.97. The van der Waals surface area contributed by atoms with Crippen LogP contribution in [0.1, 0.15) is 39.5 Å². The van der Waals surface area contributed by atoms with Crippen LogP contribution in [0.3, 0.4) is 0 Å². The number of hydrogen-bond acceptors (Lipinski definition) is 4. The number of morpholine rings is 1. The van der Waals surface area contributed by atoms with Gasteiger partial charge in [-0.15, -0.1) is 0 Å². The van der Waals surface area contributed by atoms with Crippen LogP contribution in [0.2, 0.25) is 0 Å². The zero-order chi connectivity index (χ0) is 14.4. The fraction of sp³-hybridized carbons (Fsp3) is 1.00. The molecule has 0 bridgehead atoms. The minimum Gasteiger partial charge on any atom is -0.396 e. The third-order valence-corrected chi connectivity index (χ3v) is 4.48. The molecule has 20 heavy (non-hydrogen) atoms. The van der Waals surface area contributed by atoms with Gasteiger partial charge in [-0.1, -0.05) is 20.3 Å². The number of nitrogens with zero attached hydrogens (tertiary/aromatic N) is 2. The second-order valence-electron chi connectivity index (χ2n) is 6.80. The molecule has 4 heteroatoms. The van der Waals surface area contributed by atoms with E-state index in [1.165, 1.54) is 25.8 Å². The van der Waals surface area contributed by atoms with Crippen molar-refractivity contribution in [2.75, 3.05) is 45.9 Å². The van der Waals surface area contributed by atoms with Crippen molar-refractivity contribution in [3.8, 4) is 0 Å². The topological polar surface area (TPSA) is 35.9 Å². The van der Waals surface area contributed by atoms with E-state index in [2.05, 4.69) is 23.6 Å². The molecular weight excluding hydrogens is 252 g/mol. The van der Waals surface area contributed by atoms with Crippen molar-refractivity contribution in [1.82, 2.24) is 9.80 Å². The normalized spacial score (nSPS) is 25.4. The standard InChI is InChI=1S/C16H32N2O2/c1-14(2)11-17-8-10-20-16(12-17)13-18(7-4-9-19)15-5-3-6-15/h14-16,19H,3-13H2,1-2H3. The Morgan fingerprint density at radius 3 is 2.75 bits per heavy atom. The molecule has 1 saturated heterocycles. The molecule has 0 amide bonds. The molecule has 1 saturated carbocycles. The lowest BCUT2D eigenvalue weighted by Gasteiger charge is -2.42. The Bertz CT molecular complexity index is 269. The van der Waals surface area contributed by atoms with Crippen molar-refractivity contribution in [3.63, 3.8) is 0 Å². The summed E-state index contributed by atoms with van der Waals surface area (Å²) in [5.74, 6) is 0.728. The molecule has 0 aromatic rings. The molecule has 1 unspecified atom stereocenters. The third kappa shape index (κ3) is 4.99. The third-order valence-electron chi connectivity index (χ3n) is 4.48. The second-order valence-corrected chi connectivity index (χ2v) is 6.80. The van der Waals surface area contributed by atoms with Gasteiger partial charge in [-0.25, -0.2) is 0 Å². The van der Waals surface area contributed by atoms with Gasteiger partial charge < -0.3 is 9.84 Å². The smallest absolute Gasteiger partial charge is 0.0829 e. The Kier molecular flexibility index (Phi) is 6.75. The summed E-state index contributed by atoms with van der Waals surface area (Å²) in [5.41, 5.74) is 0. The SMILES string of the molecule is CC(C)CN1CCOC(CN(CCCO)C2CCC2)C1. The van der Waals surface area contributed by atoms with Gasteiger partial charge in [0.1, 0.15) is 0 Å². The highest BCUT2D eigenvalue weighted by Gasteiger charge is 2.29. The average Bonchev–Trinajstić information content (AvgIpc) is 2.33. The predicted octanol–water partition coefficient (Wildman–Crippen LogP) is 1.58. The van der Waals surface area contributed by atoms with Crippen LogP contribution in [0.25, 0.3) is 0 Å². The minimum absolute atomic E-state index is 0.300. The largest absolute Gasteiger partial charge is 0.396 e. The van der Waals surface area contributed by atoms with E-state index >= 15 is 0 Å². The van der Waals surface area contributed by atoms with Gasteiger partial charge in [0.25, 0.3) is 0 Å². The lowest BCUT2D eigenvalue weighted by Crippen LogP contribution is -2.51. The highest BCUT2D eigenvalue weighted by Crippen LogP contribution is 2.25. The fourth-order valence-corrected chi connectivity index (χ4v) is 3.28. The lowest BCUT2D eigenvalue weighted by molar-refractivity contribution is -0.0564. The molecule has 4 nitrogen and oxygen atoms in total. The first-order chi connectivity index (χ1) is 9.69. The van der Waals surface area contributed by atoms with Crippen molar-refractivity contribution in [3.05, 3.63) is 0 Å². The molecule has 118 valence electrons. The average molecular weight is 284 g/mol. The summed E-state index contributed by atoms with van der Waals surface area (Å²) in [5, 5.41) is 9.07. The van der Waals surface area contributed by atoms with E-state index in [0.29, 0.717) is 12.7 Å². The van der Waals surface area contributed by atoms with Crippen molar-refractivity contribution in [1.29, 1.82) is 0 Å². The van der Waals surface area contributed by atoms with Crippen molar-refractivity contribution in [2.24, 2.45) is 5.92 Å². The molecule has 1 aliphatic carbocycles. The molecule has 1 aliphatic heterocycles. The van der Waals surface area contributed by atoms with Gasteiger partial charge in [0.15, 0.2) is 0 Å². The molecule has 0 spiro atoms. The molecule has 1 heterocycles. The number of aliphatic hydroxyl groups is 1. The van der Waals surface area contributed by atoms with E-state index in [1.54, 1.807) is 0 Å². The van der Waals surface area contributed by atoms with Gasteiger partial charge in [-0.05, 0) is 25.2 Å². The zero-order valence-electron chi connectivity index (χ0n) is 13.3. The van der Waals surface area contributed by atoms with Crippen molar-refractivity contribution < 1.29 is 9.84 Å². The Balaban J connectivity index is 1.79. The van der Waals surface area contributed by atoms with Crippen LogP contribution in [0.4, 0.5) is 0 Å². The van der Waals surface area contributed by atoms with Crippen molar-refractivity contribution in [2.45, 2.75) is 51.7 Å². The Labute approximate surface area is 124 Å². The maximum absolute atomic E-state index is 9.07. The molecule has 2 rings (SSSR count). The summed E-state index contributed by atoms with van der Waals surface area (Å²) >= 11 is 0. The maximum Gasteiger partial charge on any atom is 0.0829 e. The quantitative estimate of drug-likeness (QED) is 0.734. The molecule has 2 aliphatic rings. The summed E-state index contributed by atoms with van der Waals surface area (Å²) in [7, 11) is 0. The second kappa shape index (κ2) is 8.32. The van der Waals surface area contributed by atoms with E-state index in [4.69, 9.17) is 9.84 Å². The van der Waals surface area contributed by atoms with Crippen LogP contribution in [0, 0.1) is 5.92 Å². The highest BCUT2D eigenvalue weighted by atomic mass is 16.5. The molecular formula is C16H32N2O2. The molecule has 0 radical (unpaired) electrons. The van der Waals surface area contributed by atoms with Crippen molar-refractivity contribution >= 4 is 0 Å². The number of rotatable bonds is 8. The van der Waals surface area contributed by atoms with Gasteiger partial charge in [0.05, 0.1) is 12.7 Å². The summed E-state index contributed by atoms with van der Waals surface area (Å²) in [6.45, 7) is 11.1. The first-order valence-electron chi connectivity index (χ1n) is 8.38. The van der Waals surface area contributed by atoms with E-state index in [-0.39, 0.29) is 0 Å². The fourth-order valence-electron chi connectivity index (χ4n) is 3.28. The van der Waals surface area contributed by atoms with Gasteiger partial charge in [-0.2, -0.15) is 0 Å². The van der Waals surface area contributed by atoms with Crippen LogP contribution in [0.15, 0.2) is 0 Å². The van der Waals surface area contributed by atoms with E-state index in [9.17, 15) is 0 Å². The minimum atomic E-state index is 0.300. The van der Waals surface area contributed by atoms with Gasteiger partial charge >= 0.3 is 0 Å². The summed E-state index contributed by atoms with van der Waals surface area (Å²) in [6, 6.07) is 0.741. The van der Waals surface area contributed by atoms with E-state index < -0.39 is 0 Å². The highest BCUT2D eigenvalue weighted by molar-refractivity contribution is 4.84. The monoisotopic (exact) mass is 284 g/mol. The Hall–Kier alpha value is -0.160. The van der Waals surface area contributed by atoms with Crippen LogP contribution >= 0.6 is 0 Å². The predicted molar refractivity (Wildman–Crippen MR) is 81.9 cm³/mol. The van der Waals surface area contributed by atoms with Crippen LogP contribution in [-0.2, 0) is 4.74 Å². The van der Waals surface area contributed by atoms with Gasteiger partial charge in [-0.3, -0.25) is 9.80 Å². The number of ether oxygens (including phenoxy) is 1. The van der Waals surface area contributed by atoms with Gasteiger partial charge in [0, 0.05) is 45.4 Å². The Morgan fingerprint density at radius 2 is 2.15 bits per heavy atom. The molecule has 1 atom stereocenters. The Morgan fingerprint density at radius 1 is 1.35 bits per heavy atom. The maximum atomic E-state index is 9.07. The van der Waals surface area contributed by atoms with Crippen LogP contribution in [-0.4, -0.2) is 73.0 Å². The van der Waals surface area contributed by atoms with E-state index in [0.717, 1.165) is 51.2 Å². The summed E-state index contributed by atoms with van der Waals surface area (Å²) in [4.78, 5) is 5.10. The molecule has 2 fully saturated rings. The molecule has 1 N–H and O–H groups in total. The zero-order valence-corrected chi connectivity index (χ0v) is 13.3. The van der Waals surface area contributed by atoms with E-state index in [1.807, 2.05) is 0 Å². The van der Waals surface area contributed by atoms with Crippen LogP contribution < -0.4 is 0 Å². The van der Waals surface area contributed by atoms with Gasteiger partial charge in [0.2, 0.25) is 0 Å². The first-order valence-corrected chi connectivity index (χ1v) is 8.38. The number of aliphatic hydroxyl groups excluding tert-OH is 1. The lowest BCUT2D eigenvalue weighted by atomic mass is 9.91. The van der Waals surface area contributed by atoms with Crippen LogP contribution in [0.5, 0.6) is 0 Å².